The first-order chi connectivity index (χ1) is 13.6. The molecular formula is C20H21ClN4O3. The van der Waals surface area contributed by atoms with E-state index in [4.69, 9.17) is 16.1 Å². The number of Topliss-reactive ketones (excluding diaryl/α,β-unsaturated/α-hetero) is 1. The highest BCUT2D eigenvalue weighted by molar-refractivity contribution is 6.30. The molecule has 1 aliphatic carbocycles. The van der Waals surface area contributed by atoms with Crippen molar-refractivity contribution in [2.75, 3.05) is 36.8 Å². The van der Waals surface area contributed by atoms with Crippen LogP contribution in [0.3, 0.4) is 0 Å². The second-order valence-electron chi connectivity index (χ2n) is 6.95. The second-order valence-corrected chi connectivity index (χ2v) is 7.38. The number of likely N-dealkylation sites (tertiary alicyclic amines) is 1. The number of anilines is 2. The van der Waals surface area contributed by atoms with Gasteiger partial charge < -0.3 is 20.1 Å². The lowest BCUT2D eigenvalue weighted by molar-refractivity contribution is 0.0983. The molecule has 0 amide bonds. The number of ketones is 2. The van der Waals surface area contributed by atoms with E-state index in [0.717, 1.165) is 19.6 Å². The molecule has 4 rings (SSSR count). The number of hydrogen-bond acceptors (Lipinski definition) is 7. The van der Waals surface area contributed by atoms with Crippen LogP contribution in [-0.4, -0.2) is 47.8 Å². The van der Waals surface area contributed by atoms with Crippen LogP contribution in [0.1, 0.15) is 40.1 Å². The van der Waals surface area contributed by atoms with Gasteiger partial charge in [0.25, 0.3) is 0 Å². The molecule has 1 aliphatic heterocycles. The Kier molecular flexibility index (Phi) is 5.45. The van der Waals surface area contributed by atoms with E-state index in [1.54, 1.807) is 24.3 Å². The molecule has 8 heteroatoms. The van der Waals surface area contributed by atoms with Crippen LogP contribution < -0.4 is 10.6 Å². The summed E-state index contributed by atoms with van der Waals surface area (Å²) in [6, 6.07) is 6.89. The topological polar surface area (TPSA) is 87.5 Å². The number of nitrogens with one attached hydrogen (secondary N) is 2. The van der Waals surface area contributed by atoms with Crippen LogP contribution in [0.25, 0.3) is 0 Å². The Morgan fingerprint density at radius 1 is 1.11 bits per heavy atom. The summed E-state index contributed by atoms with van der Waals surface area (Å²) in [5.74, 6) is -0.445. The molecule has 7 nitrogen and oxygen atoms in total. The largest absolute Gasteiger partial charge is 0.352 e. The van der Waals surface area contributed by atoms with Crippen LogP contribution in [0.4, 0.5) is 11.6 Å². The minimum absolute atomic E-state index is 0.0483. The molecule has 2 N–H and O–H groups in total. The summed E-state index contributed by atoms with van der Waals surface area (Å²) in [7, 11) is 0. The minimum Gasteiger partial charge on any atom is -0.352 e. The maximum absolute atomic E-state index is 12.9. The molecule has 2 heterocycles. The molecule has 1 saturated heterocycles. The molecule has 0 spiro atoms. The number of benzene rings is 1. The maximum Gasteiger partial charge on any atom is 0.236 e. The van der Waals surface area contributed by atoms with Gasteiger partial charge in [-0.15, -0.1) is 0 Å². The predicted octanol–water partition coefficient (Wildman–Crippen LogP) is 3.60. The van der Waals surface area contributed by atoms with Crippen LogP contribution in [-0.2, 0) is 0 Å². The first-order valence-corrected chi connectivity index (χ1v) is 9.79. The Balaban J connectivity index is 1.46. The van der Waals surface area contributed by atoms with E-state index in [1.807, 2.05) is 0 Å². The zero-order chi connectivity index (χ0) is 19.5. The number of piperidine rings is 1. The zero-order valence-electron chi connectivity index (χ0n) is 15.3. The number of aromatic nitrogens is 1. The van der Waals surface area contributed by atoms with Gasteiger partial charge in [0.05, 0.1) is 5.70 Å². The average molecular weight is 401 g/mol. The molecule has 1 fully saturated rings. The number of halogens is 1. The number of carbonyl (C=O) groups is 2. The van der Waals surface area contributed by atoms with E-state index in [1.165, 1.54) is 25.3 Å². The van der Waals surface area contributed by atoms with Crippen molar-refractivity contribution in [2.45, 2.75) is 19.3 Å². The molecule has 0 radical (unpaired) electrons. The van der Waals surface area contributed by atoms with E-state index < -0.39 is 0 Å². The molecule has 28 heavy (non-hydrogen) atoms. The molecule has 1 aromatic carbocycles. The molecule has 2 aliphatic rings. The molecule has 146 valence electrons. The fourth-order valence-corrected chi connectivity index (χ4v) is 3.61. The van der Waals surface area contributed by atoms with Gasteiger partial charge in [0.2, 0.25) is 17.5 Å². The van der Waals surface area contributed by atoms with E-state index >= 15 is 0 Å². The summed E-state index contributed by atoms with van der Waals surface area (Å²) >= 11 is 5.89. The minimum atomic E-state index is -0.362. The zero-order valence-corrected chi connectivity index (χ0v) is 16.1. The van der Waals surface area contributed by atoms with Gasteiger partial charge in [0.1, 0.15) is 5.56 Å². The van der Waals surface area contributed by atoms with Gasteiger partial charge in [0.15, 0.2) is 5.69 Å². The lowest BCUT2D eigenvalue weighted by Crippen LogP contribution is -2.33. The van der Waals surface area contributed by atoms with Crippen molar-refractivity contribution in [2.24, 2.45) is 0 Å². The molecule has 1 aromatic heterocycles. The lowest BCUT2D eigenvalue weighted by Gasteiger charge is -2.26. The first kappa shape index (κ1) is 18.7. The fourth-order valence-electron chi connectivity index (χ4n) is 3.48. The van der Waals surface area contributed by atoms with Gasteiger partial charge in [-0.2, -0.15) is 0 Å². The van der Waals surface area contributed by atoms with Crippen LogP contribution in [0.5, 0.6) is 0 Å². The quantitative estimate of drug-likeness (QED) is 0.765. The van der Waals surface area contributed by atoms with Crippen molar-refractivity contribution >= 4 is 34.7 Å². The van der Waals surface area contributed by atoms with Crippen molar-refractivity contribution in [3.05, 3.63) is 52.3 Å². The molecule has 0 atom stereocenters. The molecule has 2 aromatic rings. The number of carbonyl (C=O) groups excluding carboxylic acids is 2. The molecule has 0 unspecified atom stereocenters. The third-order valence-electron chi connectivity index (χ3n) is 4.96. The monoisotopic (exact) mass is 400 g/mol. The second kappa shape index (κ2) is 8.16. The highest BCUT2D eigenvalue weighted by atomic mass is 35.5. The van der Waals surface area contributed by atoms with Crippen LogP contribution in [0, 0.1) is 0 Å². The summed E-state index contributed by atoms with van der Waals surface area (Å²) in [5.41, 5.74) is 1.08. The third kappa shape index (κ3) is 3.95. The van der Waals surface area contributed by atoms with Crippen LogP contribution in [0.15, 0.2) is 40.6 Å². The van der Waals surface area contributed by atoms with Crippen molar-refractivity contribution in [1.82, 2.24) is 10.1 Å². The lowest BCUT2D eigenvalue weighted by atomic mass is 9.98. The normalized spacial score (nSPS) is 17.2. The van der Waals surface area contributed by atoms with Gasteiger partial charge in [-0.05, 0) is 50.2 Å². The Bertz CT molecular complexity index is 914. The number of allylic oxidation sites excluding steroid dienone is 2. The van der Waals surface area contributed by atoms with E-state index in [9.17, 15) is 9.59 Å². The Morgan fingerprint density at radius 2 is 1.86 bits per heavy atom. The Labute approximate surface area is 167 Å². The Morgan fingerprint density at radius 3 is 2.61 bits per heavy atom. The van der Waals surface area contributed by atoms with Crippen LogP contribution >= 0.6 is 11.6 Å². The molecular weight excluding hydrogens is 380 g/mol. The summed E-state index contributed by atoms with van der Waals surface area (Å²) < 4.78 is 5.26. The number of hydrogen-bond donors (Lipinski definition) is 2. The van der Waals surface area contributed by atoms with Crippen LogP contribution in [0.2, 0.25) is 5.02 Å². The van der Waals surface area contributed by atoms with E-state index in [2.05, 4.69) is 20.7 Å². The van der Waals surface area contributed by atoms with E-state index in [0.29, 0.717) is 17.3 Å². The van der Waals surface area contributed by atoms with E-state index in [-0.39, 0.29) is 34.4 Å². The standard InChI is InChI=1S/C20H21ClN4O3/c21-13-4-6-14(7-5-13)23-15-12-16(26)18-17(19(15)27)20(28-24-18)22-8-11-25-9-2-1-3-10-25/h4-7,12,22-23H,1-3,8-11H2. The predicted molar refractivity (Wildman–Crippen MR) is 107 cm³/mol. The summed E-state index contributed by atoms with van der Waals surface area (Å²) in [6.07, 6.45) is 4.97. The molecule has 0 bridgehead atoms. The molecule has 0 saturated carbocycles. The van der Waals surface area contributed by atoms with Gasteiger partial charge >= 0.3 is 0 Å². The average Bonchev–Trinajstić information content (AvgIpc) is 3.13. The SMILES string of the molecule is O=C1C=C(Nc2ccc(Cl)cc2)C(=O)c2c1noc2NCCN1CCCCC1. The van der Waals surface area contributed by atoms with Crippen molar-refractivity contribution in [3.8, 4) is 0 Å². The van der Waals surface area contributed by atoms with Gasteiger partial charge in [-0.1, -0.05) is 23.2 Å². The first-order valence-electron chi connectivity index (χ1n) is 9.41. The smallest absolute Gasteiger partial charge is 0.236 e. The summed E-state index contributed by atoms with van der Waals surface area (Å²) in [4.78, 5) is 27.7. The number of rotatable bonds is 6. The van der Waals surface area contributed by atoms with Gasteiger partial charge in [-0.25, -0.2) is 0 Å². The highest BCUT2D eigenvalue weighted by Crippen LogP contribution is 2.28. The van der Waals surface area contributed by atoms with Gasteiger partial charge in [0, 0.05) is 29.9 Å². The fraction of sp³-hybridized carbons (Fsp3) is 0.350. The van der Waals surface area contributed by atoms with Crippen molar-refractivity contribution in [1.29, 1.82) is 0 Å². The highest BCUT2D eigenvalue weighted by Gasteiger charge is 2.33. The van der Waals surface area contributed by atoms with Crippen molar-refractivity contribution in [3.63, 3.8) is 0 Å². The Hall–Kier alpha value is -2.64. The third-order valence-corrected chi connectivity index (χ3v) is 5.21. The number of nitrogens with zero attached hydrogens (tertiary/aromatic N) is 2. The summed E-state index contributed by atoms with van der Waals surface area (Å²) in [6.45, 7) is 3.65. The van der Waals surface area contributed by atoms with Gasteiger partial charge in [-0.3, -0.25) is 9.59 Å². The number of fused-ring (bicyclic) bond motifs is 1. The summed E-state index contributed by atoms with van der Waals surface area (Å²) in [5, 5.41) is 10.5. The maximum atomic E-state index is 12.9. The van der Waals surface area contributed by atoms with Crippen molar-refractivity contribution < 1.29 is 14.1 Å².